The highest BCUT2D eigenvalue weighted by molar-refractivity contribution is 7.22. The van der Waals surface area contributed by atoms with Crippen LogP contribution in [-0.4, -0.2) is 40.0 Å². The fourth-order valence-electron chi connectivity index (χ4n) is 4.73. The summed E-state index contributed by atoms with van der Waals surface area (Å²) in [6.45, 7) is 1.97. The van der Waals surface area contributed by atoms with Gasteiger partial charge in [0.2, 0.25) is 0 Å². The van der Waals surface area contributed by atoms with Crippen LogP contribution in [0.25, 0.3) is 16.0 Å². The first-order valence-electron chi connectivity index (χ1n) is 11.4. The molecule has 2 aromatic heterocycles. The average Bonchev–Trinajstić information content (AvgIpc) is 3.55. The Kier molecular flexibility index (Phi) is 5.22. The Morgan fingerprint density at radius 3 is 2.83 bits per heavy atom. The Balaban J connectivity index is 1.52. The van der Waals surface area contributed by atoms with Gasteiger partial charge >= 0.3 is 5.91 Å². The van der Waals surface area contributed by atoms with Crippen molar-refractivity contribution >= 4 is 44.1 Å². The number of hydrogen-bond donors (Lipinski definition) is 1. The topological polar surface area (TPSA) is 102 Å². The van der Waals surface area contributed by atoms with Crippen molar-refractivity contribution in [3.63, 3.8) is 0 Å². The summed E-state index contributed by atoms with van der Waals surface area (Å²) in [7, 11) is 1.58. The highest BCUT2D eigenvalue weighted by atomic mass is 32.1. The molecule has 2 aromatic carbocycles. The Bertz CT molecular complexity index is 1560. The Morgan fingerprint density at radius 2 is 2.06 bits per heavy atom. The van der Waals surface area contributed by atoms with Crippen LogP contribution in [0.1, 0.15) is 29.7 Å². The molecule has 6 rings (SSSR count). The van der Waals surface area contributed by atoms with Gasteiger partial charge in [-0.15, -0.1) is 0 Å². The summed E-state index contributed by atoms with van der Waals surface area (Å²) < 4.78 is 11.9. The molecule has 1 fully saturated rings. The smallest absolute Gasteiger partial charge is 0.301 e. The number of nitrogens with zero attached hydrogens (tertiary/aromatic N) is 3. The van der Waals surface area contributed by atoms with Crippen molar-refractivity contribution in [2.75, 3.05) is 12.0 Å². The Morgan fingerprint density at radius 1 is 1.19 bits per heavy atom. The second-order valence-corrected chi connectivity index (χ2v) is 9.75. The predicted molar refractivity (Wildman–Crippen MR) is 135 cm³/mol. The monoisotopic (exact) mass is 499 g/mol. The van der Waals surface area contributed by atoms with E-state index in [1.165, 1.54) is 16.2 Å². The number of aliphatic hydroxyl groups is 1. The van der Waals surface area contributed by atoms with E-state index in [1.807, 2.05) is 19.1 Å². The number of aromatic nitrogens is 2. The number of aliphatic hydroxyl groups excluding tert-OH is 1. The van der Waals surface area contributed by atoms with Crippen LogP contribution in [0.5, 0.6) is 11.5 Å². The first kappa shape index (κ1) is 22.2. The fourth-order valence-corrected chi connectivity index (χ4v) is 5.75. The summed E-state index contributed by atoms with van der Waals surface area (Å²) in [4.78, 5) is 37.0. The molecular formula is C27H21N3O5S. The maximum absolute atomic E-state index is 13.4. The molecule has 2 aliphatic rings. The summed E-state index contributed by atoms with van der Waals surface area (Å²) in [6.07, 6.45) is 3.94. The van der Waals surface area contributed by atoms with Crippen LogP contribution < -0.4 is 14.4 Å². The molecule has 0 aliphatic carbocycles. The molecule has 2 unspecified atom stereocenters. The number of pyridine rings is 1. The maximum atomic E-state index is 13.4. The lowest BCUT2D eigenvalue weighted by Gasteiger charge is -2.22. The summed E-state index contributed by atoms with van der Waals surface area (Å²) in [5.74, 6) is -0.348. The SMILES string of the molecule is COc1ccc2nc(N3C(=O)C(=O)/C(=C(\O)c4ccc5c(c4)CC(C)O5)C3c3cccnc3)sc2c1. The standard InChI is InChI=1S/C27H21N3O5S/c1-14-10-17-11-15(5-8-20(17)35-14)24(31)22-23(16-4-3-9-28-13-16)30(26(33)25(22)32)27-29-19-7-6-18(34-2)12-21(19)36-27/h3-9,11-14,23,31H,10H2,1-2H3/b24-22-. The summed E-state index contributed by atoms with van der Waals surface area (Å²) >= 11 is 1.27. The Hall–Kier alpha value is -4.24. The van der Waals surface area contributed by atoms with Crippen molar-refractivity contribution in [2.45, 2.75) is 25.5 Å². The number of thiazole rings is 1. The van der Waals surface area contributed by atoms with Crippen molar-refractivity contribution in [2.24, 2.45) is 0 Å². The third kappa shape index (κ3) is 3.51. The van der Waals surface area contributed by atoms with Crippen molar-refractivity contribution in [3.05, 3.63) is 83.2 Å². The van der Waals surface area contributed by atoms with Crippen molar-refractivity contribution < 1.29 is 24.2 Å². The van der Waals surface area contributed by atoms with Crippen molar-refractivity contribution in [3.8, 4) is 11.5 Å². The van der Waals surface area contributed by atoms with Gasteiger partial charge in [0, 0.05) is 24.4 Å². The number of hydrogen-bond acceptors (Lipinski definition) is 8. The van der Waals surface area contributed by atoms with Crippen molar-refractivity contribution in [1.29, 1.82) is 0 Å². The van der Waals surface area contributed by atoms with Gasteiger partial charge in [0.1, 0.15) is 23.4 Å². The second kappa shape index (κ2) is 8.46. The number of carbonyl (C=O) groups is 2. The van der Waals surface area contributed by atoms with E-state index in [9.17, 15) is 14.7 Å². The molecule has 1 saturated heterocycles. The van der Waals surface area contributed by atoms with Gasteiger partial charge in [-0.3, -0.25) is 19.5 Å². The van der Waals surface area contributed by atoms with E-state index >= 15 is 0 Å². The van der Waals surface area contributed by atoms with Gasteiger partial charge in [-0.2, -0.15) is 0 Å². The van der Waals surface area contributed by atoms with Gasteiger partial charge in [0.25, 0.3) is 5.78 Å². The van der Waals surface area contributed by atoms with Crippen LogP contribution >= 0.6 is 11.3 Å². The summed E-state index contributed by atoms with van der Waals surface area (Å²) in [5, 5.41) is 11.7. The first-order valence-corrected chi connectivity index (χ1v) is 12.2. The maximum Gasteiger partial charge on any atom is 0.301 e. The lowest BCUT2D eigenvalue weighted by Crippen LogP contribution is -2.29. The minimum Gasteiger partial charge on any atom is -0.507 e. The molecule has 36 heavy (non-hydrogen) atoms. The molecule has 0 radical (unpaired) electrons. The number of fused-ring (bicyclic) bond motifs is 2. The van der Waals surface area contributed by atoms with E-state index < -0.39 is 17.7 Å². The number of methoxy groups -OCH3 is 1. The van der Waals surface area contributed by atoms with Gasteiger partial charge in [-0.05, 0) is 60.5 Å². The van der Waals surface area contributed by atoms with E-state index in [0.717, 1.165) is 16.0 Å². The first-order chi connectivity index (χ1) is 17.4. The van der Waals surface area contributed by atoms with E-state index in [2.05, 4.69) is 9.97 Å². The van der Waals surface area contributed by atoms with Crippen molar-refractivity contribution in [1.82, 2.24) is 9.97 Å². The van der Waals surface area contributed by atoms with Crippen LogP contribution in [0, 0.1) is 0 Å². The number of rotatable bonds is 4. The molecule has 1 N–H and O–H groups in total. The van der Waals surface area contributed by atoms with E-state index in [-0.39, 0.29) is 17.4 Å². The molecule has 0 saturated carbocycles. The van der Waals surface area contributed by atoms with E-state index in [0.29, 0.717) is 33.9 Å². The van der Waals surface area contributed by atoms with Crippen LogP contribution in [0.3, 0.4) is 0 Å². The molecule has 4 heterocycles. The summed E-state index contributed by atoms with van der Waals surface area (Å²) in [5.41, 5.74) is 2.66. The molecule has 2 aliphatic heterocycles. The van der Waals surface area contributed by atoms with Gasteiger partial charge in [-0.25, -0.2) is 4.98 Å². The summed E-state index contributed by atoms with van der Waals surface area (Å²) in [6, 6.07) is 13.3. The molecule has 2 atom stereocenters. The number of ether oxygens (including phenoxy) is 2. The number of amides is 1. The quantitative estimate of drug-likeness (QED) is 0.248. The van der Waals surface area contributed by atoms with E-state index in [1.54, 1.807) is 55.9 Å². The number of ketones is 1. The molecule has 0 spiro atoms. The van der Waals surface area contributed by atoms with Crippen LogP contribution in [0.4, 0.5) is 5.13 Å². The highest BCUT2D eigenvalue weighted by Gasteiger charge is 2.48. The number of Topliss-reactive ketones (excluding diaryl/α,β-unsaturated/α-hetero) is 1. The number of anilines is 1. The lowest BCUT2D eigenvalue weighted by atomic mass is 9.95. The van der Waals surface area contributed by atoms with E-state index in [4.69, 9.17) is 9.47 Å². The molecular weight excluding hydrogens is 478 g/mol. The second-order valence-electron chi connectivity index (χ2n) is 8.74. The lowest BCUT2D eigenvalue weighted by molar-refractivity contribution is -0.132. The zero-order chi connectivity index (χ0) is 25.0. The minimum absolute atomic E-state index is 0.00301. The minimum atomic E-state index is -0.885. The zero-order valence-electron chi connectivity index (χ0n) is 19.5. The number of benzene rings is 2. The van der Waals surface area contributed by atoms with Gasteiger partial charge in [-0.1, -0.05) is 17.4 Å². The van der Waals surface area contributed by atoms with Crippen LogP contribution in [0.2, 0.25) is 0 Å². The molecule has 1 amide bonds. The fraction of sp³-hybridized carbons (Fsp3) is 0.185. The predicted octanol–water partition coefficient (Wildman–Crippen LogP) is 4.65. The van der Waals surface area contributed by atoms with Gasteiger partial charge < -0.3 is 14.6 Å². The highest BCUT2D eigenvalue weighted by Crippen LogP contribution is 2.45. The molecule has 180 valence electrons. The Labute approximate surface area is 210 Å². The van der Waals surface area contributed by atoms with Gasteiger partial charge in [0.05, 0.1) is 28.9 Å². The third-order valence-electron chi connectivity index (χ3n) is 6.40. The molecule has 8 nitrogen and oxygen atoms in total. The third-order valence-corrected chi connectivity index (χ3v) is 7.42. The van der Waals surface area contributed by atoms with Crippen LogP contribution in [-0.2, 0) is 16.0 Å². The number of carbonyl (C=O) groups excluding carboxylic acids is 2. The zero-order valence-corrected chi connectivity index (χ0v) is 20.3. The molecule has 9 heteroatoms. The van der Waals surface area contributed by atoms with Crippen LogP contribution in [0.15, 0.2) is 66.5 Å². The molecule has 4 aromatic rings. The largest absolute Gasteiger partial charge is 0.507 e. The average molecular weight is 500 g/mol. The molecule has 0 bridgehead atoms. The van der Waals surface area contributed by atoms with Gasteiger partial charge in [0.15, 0.2) is 5.13 Å². The normalized spacial score (nSPS) is 20.6.